The van der Waals surface area contributed by atoms with Crippen LogP contribution in [0.25, 0.3) is 0 Å². The average Bonchev–Trinajstić information content (AvgIpc) is 3.11. The van der Waals surface area contributed by atoms with Gasteiger partial charge in [-0.25, -0.2) is 0 Å². The number of piperidine rings is 1. The topological polar surface area (TPSA) is 29.5 Å². The molecule has 108 valence electrons. The second kappa shape index (κ2) is 4.93. The fraction of sp³-hybridized carbons (Fsp3) is 0.812. The van der Waals surface area contributed by atoms with Gasteiger partial charge < -0.3 is 9.64 Å². The molecule has 0 bridgehead atoms. The highest BCUT2D eigenvalue weighted by Gasteiger charge is 2.62. The highest BCUT2D eigenvalue weighted by atomic mass is 16.5. The average molecular weight is 265 g/mol. The van der Waals surface area contributed by atoms with Crippen molar-refractivity contribution in [3.05, 3.63) is 13.2 Å². The molecule has 2 aliphatic carbocycles. The maximum atomic E-state index is 12.0. The first-order valence-electron chi connectivity index (χ1n) is 7.34. The van der Waals surface area contributed by atoms with E-state index in [1.165, 1.54) is 0 Å². The summed E-state index contributed by atoms with van der Waals surface area (Å²) < 4.78 is 5.70. The van der Waals surface area contributed by atoms with Crippen LogP contribution < -0.4 is 0 Å². The summed E-state index contributed by atoms with van der Waals surface area (Å²) in [5, 5.41) is 0. The van der Waals surface area contributed by atoms with E-state index in [0.29, 0.717) is 18.4 Å². The molecular weight excluding hydrogens is 238 g/mol. The monoisotopic (exact) mass is 265 g/mol. The van der Waals surface area contributed by atoms with Crippen LogP contribution in [0.2, 0.25) is 0 Å². The molecule has 0 radical (unpaired) electrons. The van der Waals surface area contributed by atoms with Gasteiger partial charge in [-0.3, -0.25) is 4.79 Å². The molecule has 2 atom stereocenters. The van der Waals surface area contributed by atoms with E-state index in [1.807, 2.05) is 4.90 Å². The van der Waals surface area contributed by atoms with Crippen LogP contribution in [0.4, 0.5) is 0 Å². The lowest BCUT2D eigenvalue weighted by molar-refractivity contribution is -0.132. The molecule has 3 nitrogen and oxygen atoms in total. The van der Waals surface area contributed by atoms with Gasteiger partial charge >= 0.3 is 0 Å². The Bertz CT molecular complexity index is 346. The van der Waals surface area contributed by atoms with Crippen LogP contribution in [0.3, 0.4) is 0 Å². The van der Waals surface area contributed by atoms with E-state index >= 15 is 0 Å². The Hall–Kier alpha value is -0.830. The van der Waals surface area contributed by atoms with Gasteiger partial charge in [0.25, 0.3) is 0 Å². The molecule has 2 saturated carbocycles. The molecule has 1 heterocycles. The molecule has 3 heteroatoms. The molecule has 3 aliphatic rings. The molecule has 0 aromatic heterocycles. The lowest BCUT2D eigenvalue weighted by Crippen LogP contribution is -2.33. The molecule has 19 heavy (non-hydrogen) atoms. The summed E-state index contributed by atoms with van der Waals surface area (Å²) in [4.78, 5) is 14.0. The van der Waals surface area contributed by atoms with Crippen molar-refractivity contribution in [3.63, 3.8) is 0 Å². The van der Waals surface area contributed by atoms with Crippen LogP contribution in [-0.4, -0.2) is 36.1 Å². The highest BCUT2D eigenvalue weighted by molar-refractivity contribution is 5.77. The number of ether oxygens (including phenoxy) is 1. The predicted octanol–water partition coefficient (Wildman–Crippen LogP) is 2.86. The van der Waals surface area contributed by atoms with Gasteiger partial charge in [-0.2, -0.15) is 0 Å². The maximum absolute atomic E-state index is 12.0. The summed E-state index contributed by atoms with van der Waals surface area (Å²) in [6, 6.07) is 0. The molecule has 3 rings (SSSR count). The predicted molar refractivity (Wildman–Crippen MR) is 76.8 cm³/mol. The quantitative estimate of drug-likeness (QED) is 0.732. The summed E-state index contributed by atoms with van der Waals surface area (Å²) in [6.45, 7) is 15.3. The summed E-state index contributed by atoms with van der Waals surface area (Å²) in [5.74, 6) is 1.80. The van der Waals surface area contributed by atoms with Crippen molar-refractivity contribution in [2.24, 2.45) is 17.3 Å². The van der Waals surface area contributed by atoms with Crippen LogP contribution in [0.1, 0.15) is 40.0 Å². The number of rotatable bonds is 4. The molecule has 2 unspecified atom stereocenters. The van der Waals surface area contributed by atoms with E-state index in [1.54, 1.807) is 0 Å². The minimum atomic E-state index is 0.107. The van der Waals surface area contributed by atoms with Crippen molar-refractivity contribution < 1.29 is 9.53 Å². The van der Waals surface area contributed by atoms with Gasteiger partial charge in [0, 0.05) is 13.1 Å². The molecule has 0 aromatic rings. The SMILES string of the molecule is C=C.CC1(OCCC(=O)N2CC3C(C2)C3(C)C)CC1. The Morgan fingerprint density at radius 1 is 1.21 bits per heavy atom. The fourth-order valence-electron chi connectivity index (χ4n) is 3.20. The van der Waals surface area contributed by atoms with Crippen molar-refractivity contribution in [1.29, 1.82) is 0 Å². The van der Waals surface area contributed by atoms with E-state index in [4.69, 9.17) is 4.74 Å². The summed E-state index contributed by atoms with van der Waals surface area (Å²) in [7, 11) is 0. The molecule has 0 spiro atoms. The lowest BCUT2D eigenvalue weighted by atomic mass is 10.1. The first-order valence-corrected chi connectivity index (χ1v) is 7.34. The Labute approximate surface area is 117 Å². The Kier molecular flexibility index (Phi) is 3.78. The number of amides is 1. The number of carbonyl (C=O) groups is 1. The van der Waals surface area contributed by atoms with Crippen molar-refractivity contribution in [2.75, 3.05) is 19.7 Å². The van der Waals surface area contributed by atoms with Crippen molar-refractivity contribution in [3.8, 4) is 0 Å². The molecule has 0 aromatic carbocycles. The summed E-state index contributed by atoms with van der Waals surface area (Å²) >= 11 is 0. The minimum absolute atomic E-state index is 0.107. The molecule has 1 amide bonds. The lowest BCUT2D eigenvalue weighted by Gasteiger charge is -2.22. The third kappa shape index (κ3) is 2.86. The van der Waals surface area contributed by atoms with Gasteiger partial charge in [0.1, 0.15) is 0 Å². The number of likely N-dealkylation sites (tertiary alicyclic amines) is 1. The normalized spacial score (nSPS) is 32.1. The Morgan fingerprint density at radius 2 is 1.74 bits per heavy atom. The number of fused-ring (bicyclic) bond motifs is 1. The number of hydrogen-bond donors (Lipinski definition) is 0. The van der Waals surface area contributed by atoms with Crippen molar-refractivity contribution in [2.45, 2.75) is 45.6 Å². The molecule has 0 N–H and O–H groups in total. The van der Waals surface area contributed by atoms with Gasteiger partial charge in [0.15, 0.2) is 0 Å². The third-order valence-electron chi connectivity index (χ3n) is 5.20. The first kappa shape index (κ1) is 14.6. The Morgan fingerprint density at radius 3 is 2.21 bits per heavy atom. The zero-order chi connectivity index (χ0) is 14.3. The van der Waals surface area contributed by atoms with Gasteiger partial charge in [-0.15, -0.1) is 13.2 Å². The fourth-order valence-corrected chi connectivity index (χ4v) is 3.20. The largest absolute Gasteiger partial charge is 0.375 e. The zero-order valence-electron chi connectivity index (χ0n) is 12.6. The standard InChI is InChI=1S/C14H23NO2.C2H4/c1-13(2)10-8-15(9-11(10)13)12(16)4-7-17-14(3)5-6-14;1-2/h10-11H,4-9H2,1-3H3;1-2H2. The number of carbonyl (C=O) groups excluding carboxylic acids is 1. The first-order chi connectivity index (χ1) is 8.92. The van der Waals surface area contributed by atoms with Crippen molar-refractivity contribution in [1.82, 2.24) is 4.90 Å². The highest BCUT2D eigenvalue weighted by Crippen LogP contribution is 2.61. The van der Waals surface area contributed by atoms with E-state index in [-0.39, 0.29) is 11.5 Å². The molecule has 1 aliphatic heterocycles. The van der Waals surface area contributed by atoms with E-state index in [0.717, 1.165) is 37.8 Å². The van der Waals surface area contributed by atoms with Gasteiger partial charge in [-0.05, 0) is 37.0 Å². The summed E-state index contributed by atoms with van der Waals surface area (Å²) in [5.41, 5.74) is 0.601. The van der Waals surface area contributed by atoms with E-state index < -0.39 is 0 Å². The van der Waals surface area contributed by atoms with E-state index in [2.05, 4.69) is 33.9 Å². The second-order valence-corrected chi connectivity index (χ2v) is 6.88. The third-order valence-corrected chi connectivity index (χ3v) is 5.20. The van der Waals surface area contributed by atoms with Crippen LogP contribution >= 0.6 is 0 Å². The van der Waals surface area contributed by atoms with E-state index in [9.17, 15) is 4.79 Å². The summed E-state index contributed by atoms with van der Waals surface area (Å²) in [6.07, 6.45) is 2.88. The van der Waals surface area contributed by atoms with Crippen LogP contribution in [0.15, 0.2) is 13.2 Å². The van der Waals surface area contributed by atoms with Gasteiger partial charge in [-0.1, -0.05) is 13.8 Å². The van der Waals surface area contributed by atoms with Crippen molar-refractivity contribution >= 4 is 5.91 Å². The molecule has 1 saturated heterocycles. The van der Waals surface area contributed by atoms with Crippen LogP contribution in [0.5, 0.6) is 0 Å². The van der Waals surface area contributed by atoms with Crippen LogP contribution in [-0.2, 0) is 9.53 Å². The van der Waals surface area contributed by atoms with Crippen LogP contribution in [0, 0.1) is 17.3 Å². The molecule has 3 fully saturated rings. The number of hydrogen-bond acceptors (Lipinski definition) is 2. The zero-order valence-corrected chi connectivity index (χ0v) is 12.6. The molecular formula is C16H27NO2. The smallest absolute Gasteiger partial charge is 0.224 e. The van der Waals surface area contributed by atoms with Gasteiger partial charge in [0.05, 0.1) is 18.6 Å². The second-order valence-electron chi connectivity index (χ2n) is 6.88. The minimum Gasteiger partial charge on any atom is -0.375 e. The maximum Gasteiger partial charge on any atom is 0.224 e. The Balaban J connectivity index is 0.000000637. The van der Waals surface area contributed by atoms with Gasteiger partial charge in [0.2, 0.25) is 5.91 Å². The number of nitrogens with zero attached hydrogens (tertiary/aromatic N) is 1.